The molecule has 1 aliphatic heterocycles. The predicted octanol–water partition coefficient (Wildman–Crippen LogP) is 1.98. The molecule has 1 saturated carbocycles. The van der Waals surface area contributed by atoms with E-state index in [1.165, 1.54) is 7.11 Å². The first kappa shape index (κ1) is 13.7. The van der Waals surface area contributed by atoms with Gasteiger partial charge in [-0.2, -0.15) is 0 Å². The summed E-state index contributed by atoms with van der Waals surface area (Å²) in [6.45, 7) is 0.215. The van der Waals surface area contributed by atoms with Crippen molar-refractivity contribution in [1.29, 1.82) is 0 Å². The molecule has 2 atom stereocenters. The molecule has 1 aromatic rings. The van der Waals surface area contributed by atoms with Gasteiger partial charge in [0.1, 0.15) is 5.78 Å². The monoisotopic (exact) mass is 291 g/mol. The zero-order valence-corrected chi connectivity index (χ0v) is 11.8. The molecule has 0 saturated heterocycles. The minimum absolute atomic E-state index is 0.0696. The molecule has 0 unspecified atom stereocenters. The summed E-state index contributed by atoms with van der Waals surface area (Å²) in [4.78, 5) is 23.2. The summed E-state index contributed by atoms with van der Waals surface area (Å²) in [5, 5.41) is 2.82. The van der Waals surface area contributed by atoms with E-state index in [0.29, 0.717) is 30.8 Å². The number of alkyl carbamates (subject to hydrolysis) is 1. The fraction of sp³-hybridized carbons (Fsp3) is 0.467. The van der Waals surface area contributed by atoms with Crippen molar-refractivity contribution in [3.63, 3.8) is 0 Å². The average Bonchev–Trinajstić information content (AvgIpc) is 2.96. The Kier molecular flexibility index (Phi) is 3.68. The third-order valence-corrected chi connectivity index (χ3v) is 3.98. The first-order valence-corrected chi connectivity index (χ1v) is 6.93. The molecule has 0 bridgehead atoms. The number of hydrogen-bond acceptors (Lipinski definition) is 5. The average molecular weight is 291 g/mol. The van der Waals surface area contributed by atoms with E-state index in [1.807, 2.05) is 18.2 Å². The Bertz CT molecular complexity index is 571. The third kappa shape index (κ3) is 2.79. The van der Waals surface area contributed by atoms with Crippen LogP contribution in [0.4, 0.5) is 4.79 Å². The molecule has 1 amide bonds. The Hall–Kier alpha value is -2.24. The summed E-state index contributed by atoms with van der Waals surface area (Å²) in [6, 6.07) is 5.53. The molecule has 1 N–H and O–H groups in total. The largest absolute Gasteiger partial charge is 0.454 e. The molecule has 1 heterocycles. The van der Waals surface area contributed by atoms with Crippen LogP contribution in [0.3, 0.4) is 0 Å². The van der Waals surface area contributed by atoms with Crippen molar-refractivity contribution in [3.05, 3.63) is 23.8 Å². The summed E-state index contributed by atoms with van der Waals surface area (Å²) in [5.74, 6) is 1.53. The summed E-state index contributed by atoms with van der Waals surface area (Å²) in [6.07, 6.45) is 1.04. The van der Waals surface area contributed by atoms with Crippen molar-refractivity contribution in [2.24, 2.45) is 0 Å². The summed E-state index contributed by atoms with van der Waals surface area (Å²) < 4.78 is 15.3. The number of hydrogen-bond donors (Lipinski definition) is 1. The van der Waals surface area contributed by atoms with Gasteiger partial charge in [0.15, 0.2) is 11.5 Å². The van der Waals surface area contributed by atoms with Crippen LogP contribution in [0.5, 0.6) is 11.5 Å². The van der Waals surface area contributed by atoms with Crippen molar-refractivity contribution in [2.45, 2.75) is 31.2 Å². The molecule has 3 rings (SSSR count). The van der Waals surface area contributed by atoms with E-state index in [9.17, 15) is 9.59 Å². The second-order valence-corrected chi connectivity index (χ2v) is 5.24. The number of benzene rings is 1. The summed E-state index contributed by atoms with van der Waals surface area (Å²) in [5.41, 5.74) is 0.966. The molecule has 0 spiro atoms. The molecule has 112 valence electrons. The highest BCUT2D eigenvalue weighted by Crippen LogP contribution is 2.38. The number of carbonyl (C=O) groups excluding carboxylic acids is 2. The van der Waals surface area contributed by atoms with Crippen molar-refractivity contribution in [3.8, 4) is 11.5 Å². The maximum absolute atomic E-state index is 11.8. The van der Waals surface area contributed by atoms with Gasteiger partial charge in [-0.15, -0.1) is 0 Å². The van der Waals surface area contributed by atoms with Gasteiger partial charge < -0.3 is 19.5 Å². The van der Waals surface area contributed by atoms with Gasteiger partial charge in [-0.1, -0.05) is 6.07 Å². The highest BCUT2D eigenvalue weighted by atomic mass is 16.7. The lowest BCUT2D eigenvalue weighted by molar-refractivity contribution is -0.121. The van der Waals surface area contributed by atoms with E-state index in [-0.39, 0.29) is 24.5 Å². The molecule has 0 aromatic heterocycles. The number of rotatable bonds is 2. The summed E-state index contributed by atoms with van der Waals surface area (Å²) >= 11 is 0. The van der Waals surface area contributed by atoms with Gasteiger partial charge in [-0.25, -0.2) is 4.79 Å². The number of fused-ring (bicyclic) bond motifs is 1. The molecule has 1 aliphatic carbocycles. The number of amides is 1. The van der Waals surface area contributed by atoms with Gasteiger partial charge in [-0.3, -0.25) is 4.79 Å². The number of nitrogens with one attached hydrogen (secondary N) is 1. The van der Waals surface area contributed by atoms with Gasteiger partial charge in [0.25, 0.3) is 0 Å². The molecule has 1 aromatic carbocycles. The van der Waals surface area contributed by atoms with Crippen LogP contribution in [0, 0.1) is 0 Å². The van der Waals surface area contributed by atoms with Gasteiger partial charge in [0.2, 0.25) is 6.79 Å². The molecule has 6 heteroatoms. The highest BCUT2D eigenvalue weighted by Gasteiger charge is 2.32. The molecule has 0 radical (unpaired) electrons. The van der Waals surface area contributed by atoms with E-state index >= 15 is 0 Å². The molecular formula is C15H17NO5. The van der Waals surface area contributed by atoms with Gasteiger partial charge >= 0.3 is 6.09 Å². The molecule has 6 nitrogen and oxygen atoms in total. The van der Waals surface area contributed by atoms with E-state index in [1.54, 1.807) is 0 Å². The van der Waals surface area contributed by atoms with Crippen LogP contribution in [0.2, 0.25) is 0 Å². The van der Waals surface area contributed by atoms with Crippen molar-refractivity contribution in [1.82, 2.24) is 5.32 Å². The first-order chi connectivity index (χ1) is 10.2. The fourth-order valence-corrected chi connectivity index (χ4v) is 2.88. The number of carbonyl (C=O) groups is 2. The number of methoxy groups -OCH3 is 1. The lowest BCUT2D eigenvalue weighted by Gasteiger charge is -2.31. The van der Waals surface area contributed by atoms with Crippen LogP contribution in [-0.2, 0) is 9.53 Å². The fourth-order valence-electron chi connectivity index (χ4n) is 2.88. The lowest BCUT2D eigenvalue weighted by Crippen LogP contribution is -2.42. The zero-order chi connectivity index (χ0) is 14.8. The molecule has 1 fully saturated rings. The van der Waals surface area contributed by atoms with Crippen LogP contribution in [0.1, 0.15) is 30.7 Å². The van der Waals surface area contributed by atoms with Crippen molar-refractivity contribution in [2.75, 3.05) is 13.9 Å². The Balaban J connectivity index is 1.84. The maximum atomic E-state index is 11.8. The second-order valence-electron chi connectivity index (χ2n) is 5.24. The Morgan fingerprint density at radius 2 is 2.14 bits per heavy atom. The Morgan fingerprint density at radius 3 is 2.95 bits per heavy atom. The quantitative estimate of drug-likeness (QED) is 0.902. The van der Waals surface area contributed by atoms with Crippen LogP contribution in [-0.4, -0.2) is 31.8 Å². The van der Waals surface area contributed by atoms with E-state index in [4.69, 9.17) is 9.47 Å². The molecule has 2 aliphatic rings. The number of ketones is 1. The third-order valence-electron chi connectivity index (χ3n) is 3.98. The summed E-state index contributed by atoms with van der Waals surface area (Å²) in [7, 11) is 1.33. The highest BCUT2D eigenvalue weighted by molar-refractivity contribution is 5.81. The molecule has 21 heavy (non-hydrogen) atoms. The van der Waals surface area contributed by atoms with Crippen molar-refractivity contribution < 1.29 is 23.8 Å². The first-order valence-electron chi connectivity index (χ1n) is 6.93. The minimum Gasteiger partial charge on any atom is -0.454 e. The van der Waals surface area contributed by atoms with Gasteiger partial charge in [-0.05, 0) is 24.1 Å². The lowest BCUT2D eigenvalue weighted by atomic mass is 9.79. The molecular weight excluding hydrogens is 274 g/mol. The van der Waals surface area contributed by atoms with E-state index in [2.05, 4.69) is 10.1 Å². The van der Waals surface area contributed by atoms with Crippen LogP contribution >= 0.6 is 0 Å². The minimum atomic E-state index is -0.472. The van der Waals surface area contributed by atoms with Crippen LogP contribution in [0.15, 0.2) is 18.2 Å². The van der Waals surface area contributed by atoms with Crippen molar-refractivity contribution >= 4 is 11.9 Å². The van der Waals surface area contributed by atoms with Gasteiger partial charge in [0.05, 0.1) is 7.11 Å². The van der Waals surface area contributed by atoms with Gasteiger partial charge in [0, 0.05) is 24.8 Å². The second kappa shape index (κ2) is 5.63. The Morgan fingerprint density at radius 1 is 1.33 bits per heavy atom. The maximum Gasteiger partial charge on any atom is 0.407 e. The van der Waals surface area contributed by atoms with Crippen LogP contribution < -0.4 is 14.8 Å². The smallest absolute Gasteiger partial charge is 0.407 e. The number of ether oxygens (including phenoxy) is 3. The van der Waals surface area contributed by atoms with E-state index < -0.39 is 6.09 Å². The normalized spacial score (nSPS) is 23.8. The zero-order valence-electron chi connectivity index (χ0n) is 11.8. The van der Waals surface area contributed by atoms with E-state index in [0.717, 1.165) is 5.56 Å². The van der Waals surface area contributed by atoms with Crippen LogP contribution in [0.25, 0.3) is 0 Å². The topological polar surface area (TPSA) is 73.9 Å². The number of Topliss-reactive ketones (excluding diaryl/α,β-unsaturated/α-hetero) is 1. The Labute approximate surface area is 122 Å². The SMILES string of the molecule is COC(=O)N[C@H]1CCC(=O)C[C@@H]1c1ccc2c(c1)OCO2. The predicted molar refractivity (Wildman–Crippen MR) is 73.5 cm³/mol. The standard InChI is InChI=1S/C15H17NO5/c1-19-15(18)16-12-4-3-10(17)7-11(12)9-2-5-13-14(6-9)21-8-20-13/h2,5-6,11-12H,3-4,7-8H2,1H3,(H,16,18)/t11-,12+/m1/s1.